The SMILES string of the molecule is CNCCc1nc(-c2ccccn2)[nH]c1C. The van der Waals surface area contributed by atoms with Crippen molar-refractivity contribution in [3.05, 3.63) is 35.8 Å². The van der Waals surface area contributed by atoms with Gasteiger partial charge in [0.25, 0.3) is 0 Å². The van der Waals surface area contributed by atoms with Crippen LogP contribution in [0, 0.1) is 6.92 Å². The summed E-state index contributed by atoms with van der Waals surface area (Å²) < 4.78 is 0. The number of rotatable bonds is 4. The van der Waals surface area contributed by atoms with E-state index in [0.717, 1.165) is 35.9 Å². The normalized spacial score (nSPS) is 10.6. The van der Waals surface area contributed by atoms with Gasteiger partial charge in [0.05, 0.1) is 5.69 Å². The van der Waals surface area contributed by atoms with Crippen LogP contribution in [-0.2, 0) is 6.42 Å². The monoisotopic (exact) mass is 216 g/mol. The van der Waals surface area contributed by atoms with Gasteiger partial charge in [-0.2, -0.15) is 0 Å². The number of imidazole rings is 1. The molecule has 0 bridgehead atoms. The van der Waals surface area contributed by atoms with Crippen LogP contribution in [0.5, 0.6) is 0 Å². The summed E-state index contributed by atoms with van der Waals surface area (Å²) in [6.07, 6.45) is 2.71. The van der Waals surface area contributed by atoms with Crippen molar-refractivity contribution in [1.82, 2.24) is 20.3 Å². The second-order valence-corrected chi connectivity index (χ2v) is 3.73. The summed E-state index contributed by atoms with van der Waals surface area (Å²) in [6, 6.07) is 5.83. The maximum absolute atomic E-state index is 4.56. The molecule has 2 aromatic rings. The number of nitrogens with one attached hydrogen (secondary N) is 2. The van der Waals surface area contributed by atoms with Gasteiger partial charge < -0.3 is 10.3 Å². The van der Waals surface area contributed by atoms with E-state index in [9.17, 15) is 0 Å². The number of hydrogen-bond donors (Lipinski definition) is 2. The van der Waals surface area contributed by atoms with Gasteiger partial charge in [-0.1, -0.05) is 6.07 Å². The molecular formula is C12H16N4. The zero-order valence-electron chi connectivity index (χ0n) is 9.62. The highest BCUT2D eigenvalue weighted by molar-refractivity contribution is 5.49. The minimum Gasteiger partial charge on any atom is -0.341 e. The average Bonchev–Trinajstić information content (AvgIpc) is 2.69. The summed E-state index contributed by atoms with van der Waals surface area (Å²) in [7, 11) is 1.95. The van der Waals surface area contributed by atoms with Gasteiger partial charge in [-0.15, -0.1) is 0 Å². The molecule has 0 atom stereocenters. The lowest BCUT2D eigenvalue weighted by atomic mass is 10.2. The first-order chi connectivity index (χ1) is 7.81. The highest BCUT2D eigenvalue weighted by Gasteiger charge is 2.08. The van der Waals surface area contributed by atoms with Crippen LogP contribution in [0.3, 0.4) is 0 Å². The molecule has 2 aromatic heterocycles. The highest BCUT2D eigenvalue weighted by Crippen LogP contribution is 2.15. The topological polar surface area (TPSA) is 53.6 Å². The van der Waals surface area contributed by atoms with E-state index in [-0.39, 0.29) is 0 Å². The molecule has 2 rings (SSSR count). The Bertz CT molecular complexity index is 447. The molecular weight excluding hydrogens is 200 g/mol. The quantitative estimate of drug-likeness (QED) is 0.815. The third-order valence-electron chi connectivity index (χ3n) is 2.50. The van der Waals surface area contributed by atoms with Crippen LogP contribution in [0.4, 0.5) is 0 Å². The summed E-state index contributed by atoms with van der Waals surface area (Å²) in [5, 5.41) is 3.12. The Kier molecular flexibility index (Phi) is 3.31. The number of nitrogens with zero attached hydrogens (tertiary/aromatic N) is 2. The van der Waals surface area contributed by atoms with E-state index in [4.69, 9.17) is 0 Å². The first kappa shape index (κ1) is 10.8. The van der Waals surface area contributed by atoms with E-state index < -0.39 is 0 Å². The summed E-state index contributed by atoms with van der Waals surface area (Å²) in [6.45, 7) is 2.98. The van der Waals surface area contributed by atoms with Gasteiger partial charge in [0.2, 0.25) is 0 Å². The molecule has 16 heavy (non-hydrogen) atoms. The van der Waals surface area contributed by atoms with Crippen molar-refractivity contribution in [2.75, 3.05) is 13.6 Å². The number of pyridine rings is 1. The summed E-state index contributed by atoms with van der Waals surface area (Å²) in [4.78, 5) is 12.1. The fourth-order valence-corrected chi connectivity index (χ4v) is 1.61. The number of aromatic nitrogens is 3. The van der Waals surface area contributed by atoms with Crippen LogP contribution in [0.15, 0.2) is 24.4 Å². The van der Waals surface area contributed by atoms with Gasteiger partial charge in [-0.25, -0.2) is 4.98 Å². The van der Waals surface area contributed by atoms with Crippen molar-refractivity contribution in [3.63, 3.8) is 0 Å². The molecule has 84 valence electrons. The second-order valence-electron chi connectivity index (χ2n) is 3.73. The molecule has 0 amide bonds. The van der Waals surface area contributed by atoms with E-state index in [0.29, 0.717) is 0 Å². The molecule has 0 aliphatic rings. The Morgan fingerprint density at radius 1 is 1.38 bits per heavy atom. The lowest BCUT2D eigenvalue weighted by Gasteiger charge is -1.96. The summed E-state index contributed by atoms with van der Waals surface area (Å²) in [5.41, 5.74) is 3.12. The van der Waals surface area contributed by atoms with Gasteiger partial charge in [0.15, 0.2) is 5.82 Å². The average molecular weight is 216 g/mol. The van der Waals surface area contributed by atoms with E-state index in [1.807, 2.05) is 32.2 Å². The zero-order valence-corrected chi connectivity index (χ0v) is 9.62. The molecule has 0 aliphatic heterocycles. The molecule has 0 aromatic carbocycles. The van der Waals surface area contributed by atoms with Gasteiger partial charge >= 0.3 is 0 Å². The second kappa shape index (κ2) is 4.90. The molecule has 2 heterocycles. The molecule has 4 heteroatoms. The van der Waals surface area contributed by atoms with Gasteiger partial charge in [0.1, 0.15) is 5.69 Å². The molecule has 2 N–H and O–H groups in total. The minimum absolute atomic E-state index is 0.851. The van der Waals surface area contributed by atoms with E-state index in [1.165, 1.54) is 0 Å². The molecule has 0 radical (unpaired) electrons. The van der Waals surface area contributed by atoms with E-state index in [1.54, 1.807) is 6.20 Å². The number of aryl methyl sites for hydroxylation is 1. The standard InChI is InChI=1S/C12H16N4/c1-9-10(6-8-13-2)16-12(15-9)11-5-3-4-7-14-11/h3-5,7,13H,6,8H2,1-2H3,(H,15,16). The number of hydrogen-bond acceptors (Lipinski definition) is 3. The predicted octanol–water partition coefficient (Wildman–Crippen LogP) is 1.54. The molecule has 0 saturated carbocycles. The Labute approximate surface area is 95.1 Å². The molecule has 0 saturated heterocycles. The van der Waals surface area contributed by atoms with Crippen molar-refractivity contribution in [3.8, 4) is 11.5 Å². The first-order valence-electron chi connectivity index (χ1n) is 5.42. The number of likely N-dealkylation sites (N-methyl/N-ethyl adjacent to an activating group) is 1. The molecule has 0 spiro atoms. The zero-order chi connectivity index (χ0) is 11.4. The summed E-state index contributed by atoms with van der Waals surface area (Å²) >= 11 is 0. The minimum atomic E-state index is 0.851. The maximum atomic E-state index is 4.56. The molecule has 4 nitrogen and oxygen atoms in total. The number of aromatic amines is 1. The van der Waals surface area contributed by atoms with Crippen molar-refractivity contribution in [2.45, 2.75) is 13.3 Å². The Balaban J connectivity index is 2.24. The Hall–Kier alpha value is -1.68. The smallest absolute Gasteiger partial charge is 0.156 e. The van der Waals surface area contributed by atoms with Crippen molar-refractivity contribution in [1.29, 1.82) is 0 Å². The van der Waals surface area contributed by atoms with Crippen LogP contribution in [0.2, 0.25) is 0 Å². The van der Waals surface area contributed by atoms with Gasteiger partial charge in [-0.3, -0.25) is 4.98 Å². The van der Waals surface area contributed by atoms with Crippen molar-refractivity contribution in [2.24, 2.45) is 0 Å². The van der Waals surface area contributed by atoms with Gasteiger partial charge in [0, 0.05) is 24.9 Å². The first-order valence-corrected chi connectivity index (χ1v) is 5.42. The fourth-order valence-electron chi connectivity index (χ4n) is 1.61. The predicted molar refractivity (Wildman–Crippen MR) is 64.2 cm³/mol. The highest BCUT2D eigenvalue weighted by atomic mass is 15.0. The van der Waals surface area contributed by atoms with E-state index >= 15 is 0 Å². The lowest BCUT2D eigenvalue weighted by molar-refractivity contribution is 0.776. The van der Waals surface area contributed by atoms with Crippen LogP contribution >= 0.6 is 0 Å². The number of H-pyrrole nitrogens is 1. The van der Waals surface area contributed by atoms with Crippen LogP contribution in [0.25, 0.3) is 11.5 Å². The van der Waals surface area contributed by atoms with Crippen molar-refractivity contribution >= 4 is 0 Å². The molecule has 0 aliphatic carbocycles. The van der Waals surface area contributed by atoms with Crippen LogP contribution < -0.4 is 5.32 Å². The summed E-state index contributed by atoms with van der Waals surface area (Å²) in [5.74, 6) is 0.851. The fraction of sp³-hybridized carbons (Fsp3) is 0.333. The third-order valence-corrected chi connectivity index (χ3v) is 2.50. The third kappa shape index (κ3) is 2.28. The van der Waals surface area contributed by atoms with Crippen LogP contribution in [-0.4, -0.2) is 28.5 Å². The largest absolute Gasteiger partial charge is 0.341 e. The molecule has 0 unspecified atom stereocenters. The van der Waals surface area contributed by atoms with Crippen molar-refractivity contribution < 1.29 is 0 Å². The Morgan fingerprint density at radius 3 is 2.94 bits per heavy atom. The maximum Gasteiger partial charge on any atom is 0.156 e. The van der Waals surface area contributed by atoms with Crippen LogP contribution in [0.1, 0.15) is 11.4 Å². The van der Waals surface area contributed by atoms with Gasteiger partial charge in [-0.05, 0) is 26.1 Å². The Morgan fingerprint density at radius 2 is 2.25 bits per heavy atom. The molecule has 0 fully saturated rings. The lowest BCUT2D eigenvalue weighted by Crippen LogP contribution is -2.11. The van der Waals surface area contributed by atoms with E-state index in [2.05, 4.69) is 20.3 Å².